The molecule has 0 saturated heterocycles. The summed E-state index contributed by atoms with van der Waals surface area (Å²) in [6.45, 7) is 3.71. The van der Waals surface area contributed by atoms with Crippen molar-refractivity contribution in [3.8, 4) is 0 Å². The van der Waals surface area contributed by atoms with Crippen LogP contribution < -0.4 is 10.2 Å². The average Bonchev–Trinajstić information content (AvgIpc) is 2.88. The Bertz CT molecular complexity index is 1020. The summed E-state index contributed by atoms with van der Waals surface area (Å²) < 4.78 is 5.02. The van der Waals surface area contributed by atoms with Gasteiger partial charge in [0.2, 0.25) is 0 Å². The largest absolute Gasteiger partial charge is 0.462 e. The van der Waals surface area contributed by atoms with E-state index in [0.29, 0.717) is 16.4 Å². The number of amides is 2. The normalized spacial score (nSPS) is 13.9. The molecule has 0 spiro atoms. The van der Waals surface area contributed by atoms with E-state index >= 15 is 0 Å². The van der Waals surface area contributed by atoms with Gasteiger partial charge in [0.05, 0.1) is 23.5 Å². The molecule has 2 amide bonds. The summed E-state index contributed by atoms with van der Waals surface area (Å²) in [5, 5.41) is 2.95. The number of anilines is 2. The quantitative estimate of drug-likeness (QED) is 0.579. The zero-order valence-electron chi connectivity index (χ0n) is 15.1. The zero-order valence-corrected chi connectivity index (χ0v) is 16.6. The lowest BCUT2D eigenvalue weighted by molar-refractivity contribution is -0.120. The van der Waals surface area contributed by atoms with Gasteiger partial charge >= 0.3 is 5.97 Å². The first kappa shape index (κ1) is 19.9. The first-order valence-corrected chi connectivity index (χ1v) is 9.18. The minimum Gasteiger partial charge on any atom is -0.462 e. The predicted molar refractivity (Wildman–Crippen MR) is 108 cm³/mol. The van der Waals surface area contributed by atoms with Crippen LogP contribution >= 0.6 is 23.2 Å². The highest BCUT2D eigenvalue weighted by molar-refractivity contribution is 6.53. The van der Waals surface area contributed by atoms with E-state index < -0.39 is 17.8 Å². The molecular weight excluding hydrogens is 403 g/mol. The van der Waals surface area contributed by atoms with E-state index in [2.05, 4.69) is 5.32 Å². The Morgan fingerprint density at radius 3 is 2.50 bits per heavy atom. The number of imide groups is 1. The number of benzene rings is 2. The van der Waals surface area contributed by atoms with E-state index in [4.69, 9.17) is 27.9 Å². The van der Waals surface area contributed by atoms with Crippen molar-refractivity contribution in [2.75, 3.05) is 16.8 Å². The number of halogens is 2. The molecule has 6 nitrogen and oxygen atoms in total. The van der Waals surface area contributed by atoms with Gasteiger partial charge in [-0.2, -0.15) is 0 Å². The third-order valence-corrected chi connectivity index (χ3v) is 4.88. The molecule has 1 heterocycles. The maximum atomic E-state index is 12.9. The van der Waals surface area contributed by atoms with Crippen molar-refractivity contribution in [1.29, 1.82) is 0 Å². The minimum atomic E-state index is -0.678. The highest BCUT2D eigenvalue weighted by atomic mass is 35.5. The first-order valence-electron chi connectivity index (χ1n) is 8.43. The molecule has 8 heteroatoms. The second kappa shape index (κ2) is 8.04. The van der Waals surface area contributed by atoms with Crippen LogP contribution in [0.4, 0.5) is 11.4 Å². The number of nitrogens with zero attached hydrogens (tertiary/aromatic N) is 1. The Balaban J connectivity index is 1.94. The molecule has 1 aliphatic rings. The third kappa shape index (κ3) is 3.61. The summed E-state index contributed by atoms with van der Waals surface area (Å²) in [4.78, 5) is 38.5. The predicted octanol–water partition coefficient (Wildman–Crippen LogP) is 4.26. The number of hydrogen-bond acceptors (Lipinski definition) is 5. The maximum Gasteiger partial charge on any atom is 0.340 e. The van der Waals surface area contributed by atoms with Crippen LogP contribution in [0.25, 0.3) is 0 Å². The smallest absolute Gasteiger partial charge is 0.340 e. The Kier molecular flexibility index (Phi) is 5.72. The fraction of sp³-hybridized carbons (Fsp3) is 0.150. The van der Waals surface area contributed by atoms with Gasteiger partial charge in [-0.1, -0.05) is 41.4 Å². The van der Waals surface area contributed by atoms with Gasteiger partial charge in [0, 0.05) is 5.02 Å². The maximum absolute atomic E-state index is 12.9. The molecule has 0 unspecified atom stereocenters. The molecule has 0 radical (unpaired) electrons. The van der Waals surface area contributed by atoms with Gasteiger partial charge in [0.15, 0.2) is 0 Å². The molecule has 144 valence electrons. The van der Waals surface area contributed by atoms with Crippen molar-refractivity contribution >= 4 is 52.4 Å². The Morgan fingerprint density at radius 1 is 1.11 bits per heavy atom. The fourth-order valence-electron chi connectivity index (χ4n) is 2.68. The van der Waals surface area contributed by atoms with Crippen LogP contribution in [0.5, 0.6) is 0 Å². The van der Waals surface area contributed by atoms with Crippen LogP contribution in [0, 0.1) is 6.92 Å². The zero-order chi connectivity index (χ0) is 20.4. The van der Waals surface area contributed by atoms with Gasteiger partial charge in [-0.3, -0.25) is 9.59 Å². The second-order valence-corrected chi connectivity index (χ2v) is 6.74. The van der Waals surface area contributed by atoms with E-state index in [9.17, 15) is 14.4 Å². The van der Waals surface area contributed by atoms with Gasteiger partial charge in [0.1, 0.15) is 10.7 Å². The topological polar surface area (TPSA) is 75.7 Å². The van der Waals surface area contributed by atoms with Gasteiger partial charge in [0.25, 0.3) is 11.8 Å². The molecule has 1 N–H and O–H groups in total. The van der Waals surface area contributed by atoms with Crippen molar-refractivity contribution in [1.82, 2.24) is 0 Å². The SMILES string of the molecule is CCOC(=O)c1ccccc1NC1=C(Cl)C(=O)N(c2ccc(C)c(Cl)c2)C1=O. The van der Waals surface area contributed by atoms with E-state index in [-0.39, 0.29) is 22.9 Å². The van der Waals surface area contributed by atoms with E-state index in [1.807, 2.05) is 6.92 Å². The lowest BCUT2D eigenvalue weighted by atomic mass is 10.1. The average molecular weight is 419 g/mol. The standard InChI is InChI=1S/C20H16Cl2N2O4/c1-3-28-20(27)13-6-4-5-7-15(13)23-17-16(22)18(25)24(19(17)26)12-9-8-11(2)14(21)10-12/h4-10,23H,3H2,1-2H3. The summed E-state index contributed by atoms with van der Waals surface area (Å²) >= 11 is 12.3. The lowest BCUT2D eigenvalue weighted by Crippen LogP contribution is -2.32. The van der Waals surface area contributed by atoms with Crippen molar-refractivity contribution in [2.45, 2.75) is 13.8 Å². The van der Waals surface area contributed by atoms with E-state index in [1.165, 1.54) is 6.07 Å². The van der Waals surface area contributed by atoms with Crippen molar-refractivity contribution in [3.63, 3.8) is 0 Å². The Hall–Kier alpha value is -2.83. The van der Waals surface area contributed by atoms with Gasteiger partial charge in [-0.15, -0.1) is 0 Å². The van der Waals surface area contributed by atoms with Gasteiger partial charge < -0.3 is 10.1 Å². The van der Waals surface area contributed by atoms with Crippen LogP contribution in [0.15, 0.2) is 53.2 Å². The number of para-hydroxylation sites is 1. The van der Waals surface area contributed by atoms with Crippen molar-refractivity contribution in [3.05, 3.63) is 69.3 Å². The lowest BCUT2D eigenvalue weighted by Gasteiger charge is -2.16. The van der Waals surface area contributed by atoms with Crippen LogP contribution in [-0.2, 0) is 14.3 Å². The number of nitrogens with one attached hydrogen (secondary N) is 1. The summed E-state index contributed by atoms with van der Waals surface area (Å²) in [5.41, 5.74) is 1.52. The van der Waals surface area contributed by atoms with E-state index in [0.717, 1.165) is 10.5 Å². The molecular formula is C20H16Cl2N2O4. The van der Waals surface area contributed by atoms with Crippen LogP contribution in [-0.4, -0.2) is 24.4 Å². The molecule has 0 bridgehead atoms. The number of carbonyl (C=O) groups is 3. The third-order valence-electron chi connectivity index (χ3n) is 4.12. The molecule has 2 aromatic rings. The number of ether oxygens (including phenoxy) is 1. The van der Waals surface area contributed by atoms with Crippen LogP contribution in [0.3, 0.4) is 0 Å². The van der Waals surface area contributed by atoms with Gasteiger partial charge in [-0.05, 0) is 43.7 Å². The summed E-state index contributed by atoms with van der Waals surface area (Å²) in [7, 11) is 0. The number of esters is 1. The molecule has 2 aromatic carbocycles. The second-order valence-electron chi connectivity index (χ2n) is 5.96. The molecule has 0 saturated carbocycles. The molecule has 0 atom stereocenters. The van der Waals surface area contributed by atoms with Crippen molar-refractivity contribution in [2.24, 2.45) is 0 Å². The molecule has 0 aliphatic carbocycles. The number of carbonyl (C=O) groups excluding carboxylic acids is 3. The highest BCUT2D eigenvalue weighted by Crippen LogP contribution is 2.32. The molecule has 1 aliphatic heterocycles. The molecule has 0 fully saturated rings. The first-order chi connectivity index (χ1) is 13.3. The van der Waals surface area contributed by atoms with Crippen molar-refractivity contribution < 1.29 is 19.1 Å². The minimum absolute atomic E-state index is 0.125. The van der Waals surface area contributed by atoms with Gasteiger partial charge in [-0.25, -0.2) is 9.69 Å². The summed E-state index contributed by atoms with van der Waals surface area (Å²) in [6.07, 6.45) is 0. The fourth-order valence-corrected chi connectivity index (χ4v) is 3.07. The number of aryl methyl sites for hydroxylation is 1. The number of hydrogen-bond donors (Lipinski definition) is 1. The molecule has 0 aromatic heterocycles. The number of rotatable bonds is 5. The van der Waals surface area contributed by atoms with Crippen LogP contribution in [0.2, 0.25) is 5.02 Å². The molecule has 28 heavy (non-hydrogen) atoms. The Morgan fingerprint density at radius 2 is 1.82 bits per heavy atom. The van der Waals surface area contributed by atoms with E-state index in [1.54, 1.807) is 43.3 Å². The molecule has 3 rings (SSSR count). The van der Waals surface area contributed by atoms with Crippen LogP contribution in [0.1, 0.15) is 22.8 Å². The highest BCUT2D eigenvalue weighted by Gasteiger charge is 2.39. The monoisotopic (exact) mass is 418 g/mol. The Labute approximate surface area is 171 Å². The summed E-state index contributed by atoms with van der Waals surface area (Å²) in [5.74, 6) is -1.88. The summed E-state index contributed by atoms with van der Waals surface area (Å²) in [6, 6.07) is 11.3.